The fourth-order valence-electron chi connectivity index (χ4n) is 1.66. The highest BCUT2D eigenvalue weighted by Crippen LogP contribution is 2.17. The van der Waals surface area contributed by atoms with Gasteiger partial charge in [0.1, 0.15) is 5.82 Å². The van der Waals surface area contributed by atoms with Gasteiger partial charge >= 0.3 is 0 Å². The molecule has 2 heteroatoms. The maximum Gasteiger partial charge on any atom is 0.123 e. The van der Waals surface area contributed by atoms with Crippen molar-refractivity contribution < 1.29 is 4.39 Å². The van der Waals surface area contributed by atoms with Crippen LogP contribution >= 0.6 is 0 Å². The molecule has 1 atom stereocenters. The lowest BCUT2D eigenvalue weighted by atomic mass is 10.0. The van der Waals surface area contributed by atoms with Crippen molar-refractivity contribution in [2.45, 2.75) is 32.7 Å². The average Bonchev–Trinajstić information content (AvgIpc) is 2.29. The van der Waals surface area contributed by atoms with Gasteiger partial charge in [0.25, 0.3) is 0 Å². The number of halogens is 1. The minimum Gasteiger partial charge on any atom is -0.309 e. The highest BCUT2D eigenvalue weighted by molar-refractivity contribution is 5.20. The summed E-state index contributed by atoms with van der Waals surface area (Å²) in [6.07, 6.45) is 1.78. The number of hydrogen-bond acceptors (Lipinski definition) is 1. The fraction of sp³-hybridized carbons (Fsp3) is 0.429. The molecule has 1 N–H and O–H groups in total. The number of benzene rings is 1. The summed E-state index contributed by atoms with van der Waals surface area (Å²) in [5, 5.41) is 3.38. The van der Waals surface area contributed by atoms with Gasteiger partial charge < -0.3 is 5.32 Å². The van der Waals surface area contributed by atoms with E-state index in [1.165, 1.54) is 6.07 Å². The fourth-order valence-corrected chi connectivity index (χ4v) is 1.66. The molecule has 16 heavy (non-hydrogen) atoms. The Morgan fingerprint density at radius 2 is 2.25 bits per heavy atom. The highest BCUT2D eigenvalue weighted by Gasteiger charge is 2.08. The smallest absolute Gasteiger partial charge is 0.123 e. The molecular weight excluding hydrogens is 201 g/mol. The molecule has 0 saturated heterocycles. The second-order valence-electron chi connectivity index (χ2n) is 3.65. The zero-order valence-electron chi connectivity index (χ0n) is 9.89. The van der Waals surface area contributed by atoms with Gasteiger partial charge in [-0.25, -0.2) is 4.39 Å². The molecule has 0 aromatic heterocycles. The zero-order chi connectivity index (χ0) is 11.8. The summed E-state index contributed by atoms with van der Waals surface area (Å²) in [5.41, 5.74) is 1.01. The second kappa shape index (κ2) is 7.03. The Labute approximate surface area is 97.1 Å². The van der Waals surface area contributed by atoms with Crippen LogP contribution in [0.1, 0.15) is 38.3 Å². The molecule has 0 aliphatic heterocycles. The molecule has 1 aromatic rings. The van der Waals surface area contributed by atoms with Gasteiger partial charge in [-0.15, -0.1) is 11.8 Å². The lowest BCUT2D eigenvalue weighted by molar-refractivity contribution is 0.522. The summed E-state index contributed by atoms with van der Waals surface area (Å²) in [6.45, 7) is 4.77. The minimum atomic E-state index is -0.175. The van der Waals surface area contributed by atoms with Crippen LogP contribution in [0.15, 0.2) is 24.3 Å². The second-order valence-corrected chi connectivity index (χ2v) is 3.65. The van der Waals surface area contributed by atoms with Crippen molar-refractivity contribution in [2.75, 3.05) is 6.54 Å². The summed E-state index contributed by atoms with van der Waals surface area (Å²) in [7, 11) is 0. The number of nitrogens with one attached hydrogen (secondary N) is 1. The Balaban J connectivity index is 2.55. The first kappa shape index (κ1) is 12.7. The first-order chi connectivity index (χ1) is 7.77. The van der Waals surface area contributed by atoms with E-state index in [-0.39, 0.29) is 11.9 Å². The molecule has 0 spiro atoms. The van der Waals surface area contributed by atoms with Gasteiger partial charge in [-0.05, 0) is 31.0 Å². The van der Waals surface area contributed by atoms with E-state index in [0.29, 0.717) is 0 Å². The van der Waals surface area contributed by atoms with E-state index in [2.05, 4.69) is 24.1 Å². The van der Waals surface area contributed by atoms with Crippen LogP contribution in [-0.4, -0.2) is 6.54 Å². The monoisotopic (exact) mass is 219 g/mol. The van der Waals surface area contributed by atoms with E-state index < -0.39 is 0 Å². The lowest BCUT2D eigenvalue weighted by Crippen LogP contribution is -2.21. The molecule has 0 radical (unpaired) electrons. The molecule has 1 unspecified atom stereocenters. The Kier molecular flexibility index (Phi) is 5.60. The van der Waals surface area contributed by atoms with E-state index >= 15 is 0 Å². The zero-order valence-corrected chi connectivity index (χ0v) is 9.89. The largest absolute Gasteiger partial charge is 0.309 e. The molecule has 0 amide bonds. The first-order valence-electron chi connectivity index (χ1n) is 5.66. The average molecular weight is 219 g/mol. The van der Waals surface area contributed by atoms with Crippen LogP contribution < -0.4 is 5.32 Å². The van der Waals surface area contributed by atoms with Crippen molar-refractivity contribution in [1.29, 1.82) is 0 Å². The molecule has 0 bridgehead atoms. The van der Waals surface area contributed by atoms with E-state index in [0.717, 1.165) is 24.9 Å². The lowest BCUT2D eigenvalue weighted by Gasteiger charge is -2.16. The Morgan fingerprint density at radius 3 is 2.88 bits per heavy atom. The molecule has 0 heterocycles. The van der Waals surface area contributed by atoms with Crippen LogP contribution in [0.4, 0.5) is 4.39 Å². The molecule has 1 rings (SSSR count). The third-order valence-electron chi connectivity index (χ3n) is 2.48. The van der Waals surface area contributed by atoms with Gasteiger partial charge in [0.05, 0.1) is 0 Å². The Morgan fingerprint density at radius 1 is 1.44 bits per heavy atom. The molecule has 0 saturated carbocycles. The maximum absolute atomic E-state index is 13.1. The molecule has 0 aliphatic rings. The van der Waals surface area contributed by atoms with Gasteiger partial charge in [0.2, 0.25) is 0 Å². The number of rotatable bonds is 5. The normalized spacial score (nSPS) is 11.7. The van der Waals surface area contributed by atoms with Crippen molar-refractivity contribution in [3.63, 3.8) is 0 Å². The highest BCUT2D eigenvalue weighted by atomic mass is 19.1. The standard InChI is InChI=1S/C14H18FN/c1-3-5-6-10-16-14(4-2)12-8-7-9-13(15)11-12/h7-9,11,14,16H,4,6,10H2,1-2H3. The van der Waals surface area contributed by atoms with Crippen molar-refractivity contribution in [3.05, 3.63) is 35.6 Å². The first-order valence-corrected chi connectivity index (χ1v) is 5.66. The molecule has 0 aliphatic carbocycles. The summed E-state index contributed by atoms with van der Waals surface area (Å²) >= 11 is 0. The Hall–Kier alpha value is -1.33. The van der Waals surface area contributed by atoms with Crippen molar-refractivity contribution >= 4 is 0 Å². The van der Waals surface area contributed by atoms with Gasteiger partial charge in [-0.2, -0.15) is 0 Å². The quantitative estimate of drug-likeness (QED) is 0.592. The van der Waals surface area contributed by atoms with Crippen LogP contribution in [-0.2, 0) is 0 Å². The molecule has 1 aromatic carbocycles. The minimum absolute atomic E-state index is 0.175. The SMILES string of the molecule is CC#CCCNC(CC)c1cccc(F)c1. The van der Waals surface area contributed by atoms with Gasteiger partial charge in [-0.3, -0.25) is 0 Å². The van der Waals surface area contributed by atoms with Crippen LogP contribution in [0.5, 0.6) is 0 Å². The van der Waals surface area contributed by atoms with Gasteiger partial charge in [0.15, 0.2) is 0 Å². The summed E-state index contributed by atoms with van der Waals surface area (Å²) in [5.74, 6) is 5.69. The van der Waals surface area contributed by atoms with Crippen LogP contribution in [0.2, 0.25) is 0 Å². The van der Waals surface area contributed by atoms with Crippen LogP contribution in [0, 0.1) is 17.7 Å². The van der Waals surface area contributed by atoms with Crippen molar-refractivity contribution in [1.82, 2.24) is 5.32 Å². The van der Waals surface area contributed by atoms with E-state index in [1.54, 1.807) is 12.1 Å². The summed E-state index contributed by atoms with van der Waals surface area (Å²) in [4.78, 5) is 0. The molecule has 86 valence electrons. The van der Waals surface area contributed by atoms with Crippen LogP contribution in [0.25, 0.3) is 0 Å². The number of hydrogen-bond donors (Lipinski definition) is 1. The predicted octanol–water partition coefficient (Wildman–Crippen LogP) is 3.28. The van der Waals surface area contributed by atoms with E-state index in [1.807, 2.05) is 13.0 Å². The predicted molar refractivity (Wildman–Crippen MR) is 65.5 cm³/mol. The van der Waals surface area contributed by atoms with Gasteiger partial charge in [-0.1, -0.05) is 19.1 Å². The van der Waals surface area contributed by atoms with E-state index in [9.17, 15) is 4.39 Å². The summed E-state index contributed by atoms with van der Waals surface area (Å²) in [6, 6.07) is 6.98. The summed E-state index contributed by atoms with van der Waals surface area (Å²) < 4.78 is 13.1. The van der Waals surface area contributed by atoms with Crippen molar-refractivity contribution in [3.8, 4) is 11.8 Å². The van der Waals surface area contributed by atoms with E-state index in [4.69, 9.17) is 0 Å². The third kappa shape index (κ3) is 4.04. The maximum atomic E-state index is 13.1. The molecular formula is C14H18FN. The van der Waals surface area contributed by atoms with Crippen LogP contribution in [0.3, 0.4) is 0 Å². The van der Waals surface area contributed by atoms with Crippen molar-refractivity contribution in [2.24, 2.45) is 0 Å². The topological polar surface area (TPSA) is 12.0 Å². The third-order valence-corrected chi connectivity index (χ3v) is 2.48. The molecule has 0 fully saturated rings. The van der Waals surface area contributed by atoms with Gasteiger partial charge in [0, 0.05) is 19.0 Å². The Bertz CT molecular complexity index is 376. The molecule has 1 nitrogen and oxygen atoms in total.